The Morgan fingerprint density at radius 1 is 1.40 bits per heavy atom. The maximum atomic E-state index is 12.2. The minimum absolute atomic E-state index is 0.207. The number of carbonyl (C=O) groups excluding carboxylic acids is 1. The van der Waals surface area contributed by atoms with E-state index < -0.39 is 9.84 Å². The van der Waals surface area contributed by atoms with Crippen LogP contribution in [-0.2, 0) is 9.84 Å². The smallest absolute Gasteiger partial charge is 0.314 e. The van der Waals surface area contributed by atoms with E-state index in [1.807, 2.05) is 13.8 Å². The van der Waals surface area contributed by atoms with Gasteiger partial charge in [0.25, 0.3) is 0 Å². The van der Waals surface area contributed by atoms with Gasteiger partial charge in [-0.3, -0.25) is 0 Å². The zero-order valence-corrected chi connectivity index (χ0v) is 13.1. The third kappa shape index (κ3) is 3.25. The number of sulfone groups is 1. The molecule has 0 aromatic rings. The second-order valence-corrected chi connectivity index (χ2v) is 8.71. The van der Waals surface area contributed by atoms with Crippen molar-refractivity contribution in [2.45, 2.75) is 31.9 Å². The van der Waals surface area contributed by atoms with Gasteiger partial charge in [-0.2, -0.15) is 0 Å². The second-order valence-electron chi connectivity index (χ2n) is 6.41. The van der Waals surface area contributed by atoms with Crippen molar-refractivity contribution in [3.8, 4) is 0 Å². The van der Waals surface area contributed by atoms with Gasteiger partial charge in [-0.05, 0) is 18.8 Å². The van der Waals surface area contributed by atoms with Crippen LogP contribution in [0.2, 0.25) is 0 Å². The molecule has 0 saturated carbocycles. The molecule has 0 radical (unpaired) electrons. The van der Waals surface area contributed by atoms with Crippen molar-refractivity contribution in [3.05, 3.63) is 0 Å². The van der Waals surface area contributed by atoms with Gasteiger partial charge in [0.1, 0.15) is 0 Å². The number of fused-ring (bicyclic) bond motifs is 1. The largest absolute Gasteiger partial charge is 0.338 e. The summed E-state index contributed by atoms with van der Waals surface area (Å²) in [5.41, 5.74) is -0.327. The summed E-state index contributed by atoms with van der Waals surface area (Å²) in [6.45, 7) is 6.29. The summed E-state index contributed by atoms with van der Waals surface area (Å²) in [6.07, 6.45) is 1.55. The molecule has 6 nitrogen and oxygen atoms in total. The first-order chi connectivity index (χ1) is 9.36. The van der Waals surface area contributed by atoms with Gasteiger partial charge in [-0.25, -0.2) is 13.2 Å². The van der Waals surface area contributed by atoms with E-state index in [1.165, 1.54) is 0 Å². The summed E-state index contributed by atoms with van der Waals surface area (Å²) in [6, 6.07) is -0.207. The fraction of sp³-hybridized carbons (Fsp3) is 0.923. The van der Waals surface area contributed by atoms with E-state index >= 15 is 0 Å². The van der Waals surface area contributed by atoms with Crippen molar-refractivity contribution < 1.29 is 13.2 Å². The molecule has 2 rings (SSSR count). The highest BCUT2D eigenvalue weighted by molar-refractivity contribution is 7.92. The van der Waals surface area contributed by atoms with E-state index in [0.717, 1.165) is 6.42 Å². The zero-order chi connectivity index (χ0) is 14.8. The van der Waals surface area contributed by atoms with Gasteiger partial charge in [0.05, 0.1) is 11.0 Å². The van der Waals surface area contributed by atoms with Crippen molar-refractivity contribution in [2.24, 2.45) is 11.3 Å². The fourth-order valence-electron chi connectivity index (χ4n) is 3.19. The molecule has 2 atom stereocenters. The van der Waals surface area contributed by atoms with Gasteiger partial charge in [0.15, 0.2) is 9.84 Å². The number of nitrogens with one attached hydrogen (secondary N) is 3. The molecule has 7 heteroatoms. The minimum atomic E-state index is -3.03. The van der Waals surface area contributed by atoms with E-state index in [-0.39, 0.29) is 22.4 Å². The van der Waals surface area contributed by atoms with Gasteiger partial charge in [-0.15, -0.1) is 0 Å². The van der Waals surface area contributed by atoms with Crippen molar-refractivity contribution >= 4 is 15.9 Å². The summed E-state index contributed by atoms with van der Waals surface area (Å²) >= 11 is 0. The lowest BCUT2D eigenvalue weighted by molar-refractivity contribution is 0.224. The second kappa shape index (κ2) is 5.89. The molecule has 2 amide bonds. The van der Waals surface area contributed by atoms with Crippen LogP contribution in [0.25, 0.3) is 0 Å². The Morgan fingerprint density at radius 3 is 2.85 bits per heavy atom. The molecule has 0 spiro atoms. The summed E-state index contributed by atoms with van der Waals surface area (Å²) in [5, 5.41) is 8.48. The summed E-state index contributed by atoms with van der Waals surface area (Å²) < 4.78 is 24.3. The Labute approximate surface area is 121 Å². The van der Waals surface area contributed by atoms with Crippen LogP contribution < -0.4 is 16.0 Å². The van der Waals surface area contributed by atoms with E-state index in [9.17, 15) is 13.2 Å². The molecule has 3 N–H and O–H groups in total. The maximum Gasteiger partial charge on any atom is 0.314 e. The first-order valence-corrected chi connectivity index (χ1v) is 9.01. The normalized spacial score (nSPS) is 31.9. The first kappa shape index (κ1) is 15.6. The first-order valence-electron chi connectivity index (χ1n) is 7.30. The number of amides is 2. The van der Waals surface area contributed by atoms with Gasteiger partial charge >= 0.3 is 6.03 Å². The van der Waals surface area contributed by atoms with Gasteiger partial charge in [0.2, 0.25) is 0 Å². The molecule has 0 bridgehead atoms. The van der Waals surface area contributed by atoms with E-state index in [0.29, 0.717) is 38.5 Å². The molecule has 116 valence electrons. The van der Waals surface area contributed by atoms with E-state index in [2.05, 4.69) is 16.0 Å². The molecular weight excluding hydrogens is 278 g/mol. The molecule has 2 heterocycles. The Hall–Kier alpha value is -0.820. The van der Waals surface area contributed by atoms with Crippen molar-refractivity contribution in [1.82, 2.24) is 16.0 Å². The summed E-state index contributed by atoms with van der Waals surface area (Å²) in [7, 11) is -3.03. The van der Waals surface area contributed by atoms with Crippen LogP contribution in [0.4, 0.5) is 4.79 Å². The lowest BCUT2D eigenvalue weighted by Crippen LogP contribution is -2.52. The molecule has 20 heavy (non-hydrogen) atoms. The molecule has 2 aliphatic heterocycles. The topological polar surface area (TPSA) is 87.3 Å². The highest BCUT2D eigenvalue weighted by Crippen LogP contribution is 2.39. The molecule has 0 aromatic carbocycles. The predicted molar refractivity (Wildman–Crippen MR) is 78.4 cm³/mol. The molecule has 2 saturated heterocycles. The van der Waals surface area contributed by atoms with Crippen molar-refractivity contribution in [3.63, 3.8) is 0 Å². The highest BCUT2D eigenvalue weighted by atomic mass is 32.2. The highest BCUT2D eigenvalue weighted by Gasteiger charge is 2.51. The van der Waals surface area contributed by atoms with E-state index in [4.69, 9.17) is 0 Å². The number of urea groups is 1. The van der Waals surface area contributed by atoms with Gasteiger partial charge < -0.3 is 16.0 Å². The van der Waals surface area contributed by atoms with Crippen LogP contribution in [0, 0.1) is 11.3 Å². The Morgan fingerprint density at radius 2 is 2.15 bits per heavy atom. The molecular formula is C13H25N3O3S. The van der Waals surface area contributed by atoms with Crippen molar-refractivity contribution in [1.29, 1.82) is 0 Å². The lowest BCUT2D eigenvalue weighted by Gasteiger charge is -2.38. The van der Waals surface area contributed by atoms with Crippen LogP contribution in [0.5, 0.6) is 0 Å². The average Bonchev–Trinajstić information content (AvgIpc) is 2.79. The molecule has 0 aliphatic carbocycles. The van der Waals surface area contributed by atoms with Crippen LogP contribution in [-0.4, -0.2) is 51.6 Å². The monoisotopic (exact) mass is 303 g/mol. The Bertz CT molecular complexity index is 463. The average molecular weight is 303 g/mol. The molecule has 2 fully saturated rings. The third-order valence-corrected chi connectivity index (χ3v) is 6.69. The van der Waals surface area contributed by atoms with E-state index in [1.54, 1.807) is 0 Å². The predicted octanol–water partition coefficient (Wildman–Crippen LogP) is 0.108. The molecule has 2 unspecified atom stereocenters. The molecule has 0 aromatic heterocycles. The van der Waals surface area contributed by atoms with Crippen molar-refractivity contribution in [2.75, 3.05) is 31.9 Å². The Kier molecular flexibility index (Phi) is 4.59. The summed E-state index contributed by atoms with van der Waals surface area (Å²) in [5.74, 6) is 0.676. The fourth-order valence-corrected chi connectivity index (χ4v) is 5.44. The summed E-state index contributed by atoms with van der Waals surface area (Å²) in [4.78, 5) is 11.7. The third-order valence-electron chi connectivity index (χ3n) is 4.30. The Balaban J connectivity index is 1.95. The SMILES string of the molecule is CC(C)CNC(=O)NCC12CCCS(=O)(=O)C1CNC2. The number of hydrogen-bond donors (Lipinski definition) is 3. The van der Waals surface area contributed by atoms with Gasteiger partial charge in [-0.1, -0.05) is 13.8 Å². The maximum absolute atomic E-state index is 12.2. The molecule has 2 aliphatic rings. The van der Waals surface area contributed by atoms with Gasteiger partial charge in [0, 0.05) is 31.6 Å². The number of carbonyl (C=O) groups is 1. The number of rotatable bonds is 4. The quantitative estimate of drug-likeness (QED) is 0.688. The zero-order valence-electron chi connectivity index (χ0n) is 12.2. The van der Waals surface area contributed by atoms with Crippen LogP contribution >= 0.6 is 0 Å². The van der Waals surface area contributed by atoms with Crippen LogP contribution in [0.1, 0.15) is 26.7 Å². The van der Waals surface area contributed by atoms with Crippen LogP contribution in [0.3, 0.4) is 0 Å². The lowest BCUT2D eigenvalue weighted by atomic mass is 9.81. The minimum Gasteiger partial charge on any atom is -0.338 e. The standard InChI is InChI=1S/C13H25N3O3S/c1-10(2)6-15-12(17)16-9-13-4-3-5-20(18,19)11(13)7-14-8-13/h10-11,14H,3-9H2,1-2H3,(H2,15,16,17). The number of hydrogen-bond acceptors (Lipinski definition) is 4. The van der Waals surface area contributed by atoms with Crippen LogP contribution in [0.15, 0.2) is 0 Å².